The molecule has 1 aromatic heterocycles. The molecule has 1 heterocycles. The number of fused-ring (bicyclic) bond motifs is 1. The van der Waals surface area contributed by atoms with E-state index in [1.54, 1.807) is 0 Å². The molecule has 2 aromatic carbocycles. The molecule has 0 spiro atoms. The van der Waals surface area contributed by atoms with Crippen LogP contribution >= 0.6 is 22.9 Å². The highest BCUT2D eigenvalue weighted by molar-refractivity contribution is 7.21. The summed E-state index contributed by atoms with van der Waals surface area (Å²) in [6, 6.07) is 6.91. The van der Waals surface area contributed by atoms with E-state index in [1.807, 2.05) is 0 Å². The van der Waals surface area contributed by atoms with Crippen LogP contribution in [-0.4, -0.2) is 11.1 Å². The van der Waals surface area contributed by atoms with E-state index in [-0.39, 0.29) is 26.6 Å². The summed E-state index contributed by atoms with van der Waals surface area (Å²) in [6.45, 7) is 1.52. The van der Waals surface area contributed by atoms with Gasteiger partial charge in [-0.1, -0.05) is 11.6 Å². The smallest absolute Gasteiger partial charge is 0.346 e. The molecule has 3 aromatic rings. The van der Waals surface area contributed by atoms with Gasteiger partial charge < -0.3 is 5.11 Å². The van der Waals surface area contributed by atoms with E-state index < -0.39 is 17.6 Å². The van der Waals surface area contributed by atoms with E-state index in [2.05, 4.69) is 0 Å². The van der Waals surface area contributed by atoms with Crippen molar-refractivity contribution < 1.29 is 18.7 Å². The molecule has 1 N–H and O–H groups in total. The summed E-state index contributed by atoms with van der Waals surface area (Å²) in [6.07, 6.45) is 0. The Morgan fingerprint density at radius 1 is 1.23 bits per heavy atom. The fourth-order valence-electron chi connectivity index (χ4n) is 2.34. The average molecular weight is 339 g/mol. The van der Waals surface area contributed by atoms with Crippen molar-refractivity contribution in [2.24, 2.45) is 0 Å². The van der Waals surface area contributed by atoms with E-state index in [9.17, 15) is 18.7 Å². The van der Waals surface area contributed by atoms with Gasteiger partial charge in [-0.15, -0.1) is 11.3 Å². The molecule has 0 saturated heterocycles. The van der Waals surface area contributed by atoms with E-state index in [1.165, 1.54) is 37.3 Å². The van der Waals surface area contributed by atoms with Gasteiger partial charge in [-0.25, -0.2) is 13.6 Å². The van der Waals surface area contributed by atoms with Gasteiger partial charge in [-0.3, -0.25) is 0 Å². The van der Waals surface area contributed by atoms with Gasteiger partial charge in [0.05, 0.1) is 0 Å². The predicted octanol–water partition coefficient (Wildman–Crippen LogP) is 5.51. The first-order chi connectivity index (χ1) is 10.4. The van der Waals surface area contributed by atoms with E-state index >= 15 is 0 Å². The number of aromatic carboxylic acids is 1. The Balaban J connectivity index is 2.41. The molecule has 3 rings (SSSR count). The summed E-state index contributed by atoms with van der Waals surface area (Å²) in [5, 5.41) is 10.2. The number of rotatable bonds is 2. The standard InChI is InChI=1S/C16H9ClF2O2S/c1-7-11(17)5-4-10(14(7)19)13-9-3-2-8(18)6-12(9)22-15(13)16(20)21/h2-6H,1H3,(H,20,21). The molecule has 0 aliphatic rings. The van der Waals surface area contributed by atoms with E-state index in [4.69, 9.17) is 11.6 Å². The second kappa shape index (κ2) is 5.34. The number of hydrogen-bond donors (Lipinski definition) is 1. The lowest BCUT2D eigenvalue weighted by Crippen LogP contribution is -1.97. The Morgan fingerprint density at radius 3 is 2.64 bits per heavy atom. The number of carboxylic acid groups (broad SMARTS) is 1. The lowest BCUT2D eigenvalue weighted by Gasteiger charge is -2.08. The van der Waals surface area contributed by atoms with Gasteiger partial charge in [-0.2, -0.15) is 0 Å². The van der Waals surface area contributed by atoms with Crippen LogP contribution in [0.15, 0.2) is 30.3 Å². The molecular formula is C16H9ClF2O2S. The third kappa shape index (κ3) is 2.26. The van der Waals surface area contributed by atoms with Crippen molar-refractivity contribution in [3.05, 3.63) is 57.4 Å². The Morgan fingerprint density at radius 2 is 1.95 bits per heavy atom. The van der Waals surface area contributed by atoms with Gasteiger partial charge in [0.15, 0.2) is 0 Å². The molecule has 0 aliphatic carbocycles. The fraction of sp³-hybridized carbons (Fsp3) is 0.0625. The third-order valence-electron chi connectivity index (χ3n) is 3.44. The average Bonchev–Trinajstić information content (AvgIpc) is 2.83. The molecule has 6 heteroatoms. The van der Waals surface area contributed by atoms with Crippen molar-refractivity contribution in [3.63, 3.8) is 0 Å². The van der Waals surface area contributed by atoms with Crippen molar-refractivity contribution >= 4 is 39.0 Å². The molecule has 0 aliphatic heterocycles. The Bertz CT molecular complexity index is 918. The third-order valence-corrected chi connectivity index (χ3v) is 4.99. The summed E-state index contributed by atoms with van der Waals surface area (Å²) in [4.78, 5) is 11.5. The molecule has 22 heavy (non-hydrogen) atoms. The number of benzene rings is 2. The maximum absolute atomic E-state index is 14.5. The number of carbonyl (C=O) groups is 1. The second-order valence-electron chi connectivity index (χ2n) is 4.79. The minimum atomic E-state index is -1.18. The van der Waals surface area contributed by atoms with Gasteiger partial charge in [0, 0.05) is 31.8 Å². The maximum atomic E-state index is 14.5. The van der Waals surface area contributed by atoms with Crippen molar-refractivity contribution in [3.8, 4) is 11.1 Å². The molecule has 0 bridgehead atoms. The van der Waals surface area contributed by atoms with Crippen molar-refractivity contribution in [2.45, 2.75) is 6.92 Å². The van der Waals surface area contributed by atoms with Crippen LogP contribution < -0.4 is 0 Å². The summed E-state index contributed by atoms with van der Waals surface area (Å²) < 4.78 is 28.3. The lowest BCUT2D eigenvalue weighted by molar-refractivity contribution is 0.0703. The first kappa shape index (κ1) is 14.9. The van der Waals surface area contributed by atoms with Crippen LogP contribution in [0, 0.1) is 18.6 Å². The Labute approximate surface area is 133 Å². The predicted molar refractivity (Wildman–Crippen MR) is 83.9 cm³/mol. The van der Waals surface area contributed by atoms with Gasteiger partial charge in [0.1, 0.15) is 16.5 Å². The van der Waals surface area contributed by atoms with Crippen molar-refractivity contribution in [1.82, 2.24) is 0 Å². The molecule has 0 saturated carbocycles. The number of thiophene rings is 1. The number of halogens is 3. The van der Waals surface area contributed by atoms with Gasteiger partial charge in [0.2, 0.25) is 0 Å². The van der Waals surface area contributed by atoms with Crippen LogP contribution in [0.1, 0.15) is 15.2 Å². The molecule has 0 radical (unpaired) electrons. The maximum Gasteiger partial charge on any atom is 0.346 e. The van der Waals surface area contributed by atoms with Gasteiger partial charge in [0.25, 0.3) is 0 Å². The summed E-state index contributed by atoms with van der Waals surface area (Å²) >= 11 is 6.81. The van der Waals surface area contributed by atoms with Crippen LogP contribution in [0.5, 0.6) is 0 Å². The monoisotopic (exact) mass is 338 g/mol. The normalized spacial score (nSPS) is 11.1. The summed E-state index contributed by atoms with van der Waals surface area (Å²) in [5.74, 6) is -2.22. The lowest BCUT2D eigenvalue weighted by atomic mass is 9.99. The largest absolute Gasteiger partial charge is 0.477 e. The van der Waals surface area contributed by atoms with Gasteiger partial charge >= 0.3 is 5.97 Å². The molecule has 0 unspecified atom stereocenters. The number of carboxylic acids is 1. The first-order valence-electron chi connectivity index (χ1n) is 6.30. The SMILES string of the molecule is Cc1c(Cl)ccc(-c2c(C(=O)O)sc3cc(F)ccc23)c1F. The van der Waals surface area contributed by atoms with Crippen LogP contribution in [0.4, 0.5) is 8.78 Å². The van der Waals surface area contributed by atoms with Crippen LogP contribution in [0.3, 0.4) is 0 Å². The molecule has 0 amide bonds. The van der Waals surface area contributed by atoms with Crippen LogP contribution in [-0.2, 0) is 0 Å². The summed E-state index contributed by atoms with van der Waals surface area (Å²) in [5.41, 5.74) is 0.652. The fourth-order valence-corrected chi connectivity index (χ4v) is 3.57. The Hall–Kier alpha value is -1.98. The zero-order valence-electron chi connectivity index (χ0n) is 11.3. The van der Waals surface area contributed by atoms with Crippen LogP contribution in [0.2, 0.25) is 5.02 Å². The first-order valence-corrected chi connectivity index (χ1v) is 7.50. The highest BCUT2D eigenvalue weighted by Crippen LogP contribution is 2.41. The van der Waals surface area contributed by atoms with Gasteiger partial charge in [-0.05, 0) is 37.3 Å². The topological polar surface area (TPSA) is 37.3 Å². The zero-order chi connectivity index (χ0) is 16.0. The molecule has 0 fully saturated rings. The number of hydrogen-bond acceptors (Lipinski definition) is 2. The highest BCUT2D eigenvalue weighted by atomic mass is 35.5. The quantitative estimate of drug-likeness (QED) is 0.669. The molecular weight excluding hydrogens is 330 g/mol. The van der Waals surface area contributed by atoms with Crippen molar-refractivity contribution in [2.75, 3.05) is 0 Å². The van der Waals surface area contributed by atoms with Crippen molar-refractivity contribution in [1.29, 1.82) is 0 Å². The summed E-state index contributed by atoms with van der Waals surface area (Å²) in [7, 11) is 0. The van der Waals surface area contributed by atoms with E-state index in [0.29, 0.717) is 10.1 Å². The molecule has 0 atom stereocenters. The molecule has 112 valence electrons. The minimum Gasteiger partial charge on any atom is -0.477 e. The second-order valence-corrected chi connectivity index (χ2v) is 6.25. The zero-order valence-corrected chi connectivity index (χ0v) is 12.9. The Kier molecular flexibility index (Phi) is 3.62. The minimum absolute atomic E-state index is 0.0266. The van der Waals surface area contributed by atoms with E-state index in [0.717, 1.165) is 11.3 Å². The van der Waals surface area contributed by atoms with Crippen LogP contribution in [0.25, 0.3) is 21.2 Å². The molecule has 2 nitrogen and oxygen atoms in total. The highest BCUT2D eigenvalue weighted by Gasteiger charge is 2.23.